The van der Waals surface area contributed by atoms with Gasteiger partial charge < -0.3 is 16.0 Å². The Labute approximate surface area is 142 Å². The van der Waals surface area contributed by atoms with Crippen LogP contribution in [0.3, 0.4) is 0 Å². The molecule has 0 aliphatic carbocycles. The van der Waals surface area contributed by atoms with Crippen LogP contribution in [0, 0.1) is 0 Å². The molecule has 11 nitrogen and oxygen atoms in total. The van der Waals surface area contributed by atoms with Crippen LogP contribution in [0.2, 0.25) is 0 Å². The molecule has 4 N–H and O–H groups in total. The van der Waals surface area contributed by atoms with Crippen molar-refractivity contribution in [3.8, 4) is 0 Å². The van der Waals surface area contributed by atoms with Crippen molar-refractivity contribution in [2.75, 3.05) is 11.9 Å². The normalized spacial score (nSPS) is 22.4. The highest BCUT2D eigenvalue weighted by Crippen LogP contribution is 2.35. The van der Waals surface area contributed by atoms with Crippen LogP contribution in [0.15, 0.2) is 24.5 Å². The number of carbonyl (C=O) groups excluding carboxylic acids is 3. The third kappa shape index (κ3) is 3.13. The molecule has 0 bridgehead atoms. The second-order valence-electron chi connectivity index (χ2n) is 5.75. The molecule has 0 unspecified atom stereocenters. The van der Waals surface area contributed by atoms with Gasteiger partial charge in [0.15, 0.2) is 12.4 Å². The molecule has 2 fully saturated rings. The summed E-state index contributed by atoms with van der Waals surface area (Å²) in [5, 5.41) is 2.38. The zero-order valence-electron chi connectivity index (χ0n) is 12.9. The second kappa shape index (κ2) is 5.97. The number of primary amides is 1. The number of carbonyl (C=O) groups is 3. The molecule has 0 aromatic carbocycles. The van der Waals surface area contributed by atoms with Crippen LogP contribution in [0.4, 0.5) is 10.5 Å². The molecule has 2 saturated heterocycles. The number of pyridine rings is 1. The molecule has 0 spiro atoms. The predicted molar refractivity (Wildman–Crippen MR) is 82.1 cm³/mol. The lowest BCUT2D eigenvalue weighted by Crippen LogP contribution is -2.68. The average molecular weight is 370 g/mol. The van der Waals surface area contributed by atoms with E-state index in [0.29, 0.717) is 9.99 Å². The van der Waals surface area contributed by atoms with Gasteiger partial charge in [-0.2, -0.15) is 13.0 Å². The number of anilines is 1. The number of urea groups is 1. The minimum Gasteiger partial charge on any atom is -0.351 e. The van der Waals surface area contributed by atoms with Gasteiger partial charge in [0.25, 0.3) is 11.8 Å². The predicted octanol–water partition coefficient (Wildman–Crippen LogP) is -1.92. The van der Waals surface area contributed by atoms with Gasteiger partial charge in [0.05, 0.1) is 6.04 Å². The summed E-state index contributed by atoms with van der Waals surface area (Å²) in [5.41, 5.74) is 5.44. The topological polar surface area (TPSA) is 154 Å². The zero-order valence-corrected chi connectivity index (χ0v) is 13.7. The first-order chi connectivity index (χ1) is 11.7. The van der Waals surface area contributed by atoms with Crippen molar-refractivity contribution in [1.82, 2.24) is 9.21 Å². The standard InChI is InChI=1S/C13H15N5O6S/c14-13(21)15-8-2-1-4-16(6-8)7-10(19)17-5-3-9-11(17)12(20)18(9)25(22,23)24/h1-2,4,6,9,11H,3,5,7H2,(H3-,14,15,21,22,23,24)/p+1/t9-,11+/m1/s1. The Balaban J connectivity index is 1.69. The number of nitrogens with two attached hydrogens (primary N) is 1. The van der Waals surface area contributed by atoms with Crippen LogP contribution in [0.1, 0.15) is 6.42 Å². The average Bonchev–Trinajstić information content (AvgIpc) is 2.84. The van der Waals surface area contributed by atoms with Gasteiger partial charge in [-0.1, -0.05) is 0 Å². The molecule has 2 aliphatic heterocycles. The Morgan fingerprint density at radius 2 is 2.16 bits per heavy atom. The van der Waals surface area contributed by atoms with E-state index in [0.717, 1.165) is 0 Å². The van der Waals surface area contributed by atoms with E-state index in [1.807, 2.05) is 0 Å². The molecule has 2 aliphatic rings. The fraction of sp³-hybridized carbons (Fsp3) is 0.385. The first-order valence-electron chi connectivity index (χ1n) is 7.34. The quantitative estimate of drug-likeness (QED) is 0.319. The minimum atomic E-state index is -4.61. The van der Waals surface area contributed by atoms with Gasteiger partial charge in [-0.15, -0.1) is 0 Å². The molecule has 1 aromatic heterocycles. The highest BCUT2D eigenvalue weighted by atomic mass is 32.2. The number of nitrogens with zero attached hydrogens (tertiary/aromatic N) is 3. The Morgan fingerprint density at radius 1 is 1.44 bits per heavy atom. The van der Waals surface area contributed by atoms with E-state index in [1.165, 1.54) is 15.7 Å². The van der Waals surface area contributed by atoms with Crippen molar-refractivity contribution in [3.05, 3.63) is 24.5 Å². The molecule has 3 heterocycles. The van der Waals surface area contributed by atoms with Crippen LogP contribution in [0.25, 0.3) is 0 Å². The summed E-state index contributed by atoms with van der Waals surface area (Å²) in [6, 6.07) is 0.870. The molecule has 0 radical (unpaired) electrons. The highest BCUT2D eigenvalue weighted by molar-refractivity contribution is 7.84. The van der Waals surface area contributed by atoms with Crippen LogP contribution in [-0.4, -0.2) is 58.6 Å². The van der Waals surface area contributed by atoms with E-state index >= 15 is 0 Å². The van der Waals surface area contributed by atoms with Crippen LogP contribution in [0.5, 0.6) is 0 Å². The van der Waals surface area contributed by atoms with E-state index in [9.17, 15) is 22.8 Å². The lowest BCUT2D eigenvalue weighted by Gasteiger charge is -2.42. The molecular weight excluding hydrogens is 354 g/mol. The number of hydrogen-bond acceptors (Lipinski definition) is 5. The van der Waals surface area contributed by atoms with Crippen LogP contribution in [-0.2, 0) is 26.4 Å². The summed E-state index contributed by atoms with van der Waals surface area (Å²) in [6.07, 6.45) is 3.38. The Kier molecular flexibility index (Phi) is 4.08. The molecule has 2 atom stereocenters. The fourth-order valence-corrected chi connectivity index (χ4v) is 4.08. The van der Waals surface area contributed by atoms with E-state index in [2.05, 4.69) is 5.32 Å². The Bertz CT molecular complexity index is 856. The molecule has 25 heavy (non-hydrogen) atoms. The van der Waals surface area contributed by atoms with Gasteiger partial charge in [0.1, 0.15) is 11.7 Å². The van der Waals surface area contributed by atoms with Gasteiger partial charge >= 0.3 is 16.3 Å². The number of aromatic nitrogens is 1. The molecule has 0 saturated carbocycles. The summed E-state index contributed by atoms with van der Waals surface area (Å²) in [6.45, 7) is 0.113. The van der Waals surface area contributed by atoms with Crippen molar-refractivity contribution in [3.63, 3.8) is 0 Å². The third-order valence-electron chi connectivity index (χ3n) is 4.15. The number of hydrogen-bond donors (Lipinski definition) is 3. The van der Waals surface area contributed by atoms with Crippen molar-refractivity contribution >= 4 is 33.8 Å². The number of amides is 4. The van der Waals surface area contributed by atoms with E-state index < -0.39 is 34.3 Å². The van der Waals surface area contributed by atoms with Crippen LogP contribution >= 0.6 is 0 Å². The molecule has 134 valence electrons. The Morgan fingerprint density at radius 3 is 2.80 bits per heavy atom. The van der Waals surface area contributed by atoms with Gasteiger partial charge in [-0.3, -0.25) is 14.1 Å². The molecule has 1 aromatic rings. The number of fused-ring (bicyclic) bond motifs is 1. The molecular formula is C13H16N5O6S+. The van der Waals surface area contributed by atoms with E-state index in [-0.39, 0.29) is 25.4 Å². The highest BCUT2D eigenvalue weighted by Gasteiger charge is 2.60. The summed E-state index contributed by atoms with van der Waals surface area (Å²) in [5.74, 6) is -1.19. The largest absolute Gasteiger partial charge is 0.362 e. The summed E-state index contributed by atoms with van der Waals surface area (Å²) in [4.78, 5) is 36.6. The Hall–Kier alpha value is -2.73. The van der Waals surface area contributed by atoms with Crippen molar-refractivity contribution in [1.29, 1.82) is 0 Å². The summed E-state index contributed by atoms with van der Waals surface area (Å²) >= 11 is 0. The molecule has 4 amide bonds. The van der Waals surface area contributed by atoms with Crippen molar-refractivity contribution in [2.24, 2.45) is 5.73 Å². The number of rotatable bonds is 4. The monoisotopic (exact) mass is 370 g/mol. The maximum absolute atomic E-state index is 12.5. The zero-order chi connectivity index (χ0) is 18.4. The van der Waals surface area contributed by atoms with Gasteiger partial charge in [-0.25, -0.2) is 9.10 Å². The van der Waals surface area contributed by atoms with E-state index in [1.54, 1.807) is 18.3 Å². The van der Waals surface area contributed by atoms with Gasteiger partial charge in [0.2, 0.25) is 6.54 Å². The number of β-lactam (4-membered cyclic amide) rings is 1. The maximum atomic E-state index is 12.5. The first-order valence-corrected chi connectivity index (χ1v) is 8.74. The number of likely N-dealkylation sites (tertiary alicyclic amines) is 1. The molecule has 3 rings (SSSR count). The van der Waals surface area contributed by atoms with Crippen LogP contribution < -0.4 is 15.6 Å². The maximum Gasteiger partial charge on any atom is 0.362 e. The third-order valence-corrected chi connectivity index (χ3v) is 5.10. The lowest BCUT2D eigenvalue weighted by atomic mass is 10.0. The van der Waals surface area contributed by atoms with Crippen molar-refractivity contribution < 1.29 is 31.9 Å². The van der Waals surface area contributed by atoms with Gasteiger partial charge in [0, 0.05) is 12.6 Å². The lowest BCUT2D eigenvalue weighted by molar-refractivity contribution is -0.684. The van der Waals surface area contributed by atoms with Gasteiger partial charge in [-0.05, 0) is 12.5 Å². The van der Waals surface area contributed by atoms with Crippen molar-refractivity contribution in [2.45, 2.75) is 25.0 Å². The fourth-order valence-electron chi connectivity index (χ4n) is 3.18. The molecule has 12 heteroatoms. The smallest absolute Gasteiger partial charge is 0.351 e. The minimum absolute atomic E-state index is 0.101. The number of nitrogens with one attached hydrogen (secondary N) is 1. The summed E-state index contributed by atoms with van der Waals surface area (Å²) in [7, 11) is -4.61. The summed E-state index contributed by atoms with van der Waals surface area (Å²) < 4.78 is 33.3. The first kappa shape index (κ1) is 17.1. The SMILES string of the molecule is NC(=O)Nc1ccc[n+](CC(=O)N2CC[C@@H]3[C@H]2C(=O)N3S(=O)(=O)O)c1. The van der Waals surface area contributed by atoms with E-state index in [4.69, 9.17) is 10.3 Å². The second-order valence-corrected chi connectivity index (χ2v) is 7.04.